The molecule has 152 valence electrons. The predicted octanol–water partition coefficient (Wildman–Crippen LogP) is 5.89. The number of phenolic OH excluding ortho intramolecular Hbond substituents is 2. The zero-order valence-electron chi connectivity index (χ0n) is 14.3. The average Bonchev–Trinajstić information content (AvgIpc) is 2.60. The van der Waals surface area contributed by atoms with E-state index in [4.69, 9.17) is 46.4 Å². The molecule has 0 saturated heterocycles. The standard InChI is InChI=1S/C19H12Cl4O5S/c20-12-3-1-2-10(6-12)19(29(26,27)28,11-7-13(21)9-14(22)8-11)17-15(23)4-5-16(24)18(17)25/h1-9,24-25H,(H,26,27,28). The molecular weight excluding hydrogens is 482 g/mol. The van der Waals surface area contributed by atoms with Crippen molar-refractivity contribution in [3.05, 3.63) is 91.4 Å². The fourth-order valence-corrected chi connectivity index (χ4v) is 5.61. The summed E-state index contributed by atoms with van der Waals surface area (Å²) in [6.45, 7) is 0. The Labute approximate surface area is 186 Å². The van der Waals surface area contributed by atoms with Crippen LogP contribution < -0.4 is 0 Å². The van der Waals surface area contributed by atoms with Gasteiger partial charge in [0.05, 0.1) is 5.02 Å². The first-order valence-electron chi connectivity index (χ1n) is 7.89. The minimum Gasteiger partial charge on any atom is -0.504 e. The summed E-state index contributed by atoms with van der Waals surface area (Å²) in [7, 11) is -5.13. The Morgan fingerprint density at radius 2 is 1.34 bits per heavy atom. The molecular formula is C19H12Cl4O5S. The van der Waals surface area contributed by atoms with Gasteiger partial charge in [0.2, 0.25) is 0 Å². The van der Waals surface area contributed by atoms with Crippen molar-refractivity contribution in [1.29, 1.82) is 0 Å². The number of rotatable bonds is 4. The zero-order chi connectivity index (χ0) is 21.6. The van der Waals surface area contributed by atoms with Crippen LogP contribution in [-0.4, -0.2) is 23.2 Å². The predicted molar refractivity (Wildman–Crippen MR) is 114 cm³/mol. The summed E-state index contributed by atoms with van der Waals surface area (Å²) in [6, 6.07) is 11.7. The van der Waals surface area contributed by atoms with Gasteiger partial charge in [-0.2, -0.15) is 8.42 Å². The van der Waals surface area contributed by atoms with Crippen molar-refractivity contribution in [2.24, 2.45) is 0 Å². The average molecular weight is 494 g/mol. The monoisotopic (exact) mass is 492 g/mol. The van der Waals surface area contributed by atoms with Gasteiger partial charge in [-0.15, -0.1) is 0 Å². The van der Waals surface area contributed by atoms with Crippen molar-refractivity contribution in [3.63, 3.8) is 0 Å². The lowest BCUT2D eigenvalue weighted by atomic mass is 9.83. The minimum absolute atomic E-state index is 0.0615. The first-order valence-corrected chi connectivity index (χ1v) is 10.8. The number of aromatic hydroxyl groups is 2. The Morgan fingerprint density at radius 1 is 0.759 bits per heavy atom. The Balaban J connectivity index is 2.65. The van der Waals surface area contributed by atoms with E-state index in [1.165, 1.54) is 48.5 Å². The molecule has 1 atom stereocenters. The highest BCUT2D eigenvalue weighted by Crippen LogP contribution is 2.52. The summed E-state index contributed by atoms with van der Waals surface area (Å²) in [5, 5.41) is 20.7. The molecule has 0 heterocycles. The number of phenols is 2. The van der Waals surface area contributed by atoms with E-state index in [0.29, 0.717) is 0 Å². The van der Waals surface area contributed by atoms with Gasteiger partial charge in [-0.1, -0.05) is 58.5 Å². The number of hydrogen-bond donors (Lipinski definition) is 3. The van der Waals surface area contributed by atoms with Crippen molar-refractivity contribution in [2.75, 3.05) is 0 Å². The second-order valence-corrected chi connectivity index (χ2v) is 9.39. The van der Waals surface area contributed by atoms with Crippen LogP contribution in [0.4, 0.5) is 0 Å². The third-order valence-electron chi connectivity index (χ3n) is 4.35. The van der Waals surface area contributed by atoms with E-state index < -0.39 is 31.9 Å². The maximum absolute atomic E-state index is 13.0. The third-order valence-corrected chi connectivity index (χ3v) is 6.78. The summed E-state index contributed by atoms with van der Waals surface area (Å²) < 4.78 is 33.9. The third kappa shape index (κ3) is 3.77. The molecule has 0 spiro atoms. The highest BCUT2D eigenvalue weighted by Gasteiger charge is 2.52. The fourth-order valence-electron chi connectivity index (χ4n) is 3.24. The Morgan fingerprint density at radius 3 is 1.90 bits per heavy atom. The maximum atomic E-state index is 13.0. The van der Waals surface area contributed by atoms with Gasteiger partial charge in [-0.05, 0) is 53.6 Å². The van der Waals surface area contributed by atoms with Crippen LogP contribution in [0.3, 0.4) is 0 Å². The molecule has 0 aliphatic carbocycles. The summed E-state index contributed by atoms with van der Waals surface area (Å²) in [4.78, 5) is 0. The molecule has 0 bridgehead atoms. The quantitative estimate of drug-likeness (QED) is 0.239. The SMILES string of the molecule is O=S(=O)(O)C(c1cccc(Cl)c1)(c1cc(Cl)cc(Cl)c1)c1c(Cl)ccc(O)c1O. The van der Waals surface area contributed by atoms with Crippen molar-refractivity contribution in [3.8, 4) is 11.5 Å². The number of hydrogen-bond acceptors (Lipinski definition) is 4. The van der Waals surface area contributed by atoms with Crippen molar-refractivity contribution in [2.45, 2.75) is 4.75 Å². The van der Waals surface area contributed by atoms with Gasteiger partial charge in [0.25, 0.3) is 10.1 Å². The second-order valence-electron chi connectivity index (χ2n) is 6.11. The summed E-state index contributed by atoms with van der Waals surface area (Å²) >= 11 is 24.5. The van der Waals surface area contributed by atoms with Crippen molar-refractivity contribution in [1.82, 2.24) is 0 Å². The molecule has 3 aromatic carbocycles. The highest BCUT2D eigenvalue weighted by molar-refractivity contribution is 7.87. The Hall–Kier alpha value is -1.67. The molecule has 29 heavy (non-hydrogen) atoms. The van der Waals surface area contributed by atoms with Crippen LogP contribution in [-0.2, 0) is 14.9 Å². The van der Waals surface area contributed by atoms with E-state index in [-0.39, 0.29) is 31.2 Å². The first-order chi connectivity index (χ1) is 13.5. The van der Waals surface area contributed by atoms with Crippen LogP contribution in [0.5, 0.6) is 11.5 Å². The first kappa shape index (κ1) is 22.0. The van der Waals surface area contributed by atoms with Crippen LogP contribution in [0.25, 0.3) is 0 Å². The molecule has 0 fully saturated rings. The van der Waals surface area contributed by atoms with Gasteiger partial charge >= 0.3 is 0 Å². The molecule has 5 nitrogen and oxygen atoms in total. The topological polar surface area (TPSA) is 94.8 Å². The lowest BCUT2D eigenvalue weighted by molar-refractivity contribution is 0.394. The Kier molecular flexibility index (Phi) is 5.98. The lowest BCUT2D eigenvalue weighted by Gasteiger charge is -2.34. The number of benzene rings is 3. The summed E-state index contributed by atoms with van der Waals surface area (Å²) in [6.07, 6.45) is 0. The van der Waals surface area contributed by atoms with E-state index in [1.54, 1.807) is 0 Å². The van der Waals surface area contributed by atoms with Gasteiger partial charge in [0.15, 0.2) is 16.2 Å². The highest BCUT2D eigenvalue weighted by atomic mass is 35.5. The van der Waals surface area contributed by atoms with E-state index in [9.17, 15) is 23.2 Å². The molecule has 0 aliphatic heterocycles. The normalized spacial score (nSPS) is 13.8. The lowest BCUT2D eigenvalue weighted by Crippen LogP contribution is -2.38. The fraction of sp³-hybridized carbons (Fsp3) is 0.0526. The van der Waals surface area contributed by atoms with E-state index in [0.717, 1.165) is 6.07 Å². The van der Waals surface area contributed by atoms with E-state index in [2.05, 4.69) is 0 Å². The van der Waals surface area contributed by atoms with Crippen LogP contribution >= 0.6 is 46.4 Å². The molecule has 0 amide bonds. The molecule has 3 aromatic rings. The molecule has 10 heteroatoms. The largest absolute Gasteiger partial charge is 0.504 e. The van der Waals surface area contributed by atoms with Gasteiger partial charge in [0, 0.05) is 20.6 Å². The van der Waals surface area contributed by atoms with E-state index >= 15 is 0 Å². The summed E-state index contributed by atoms with van der Waals surface area (Å²) in [5.74, 6) is -1.49. The van der Waals surface area contributed by atoms with Crippen molar-refractivity contribution >= 4 is 56.5 Å². The maximum Gasteiger partial charge on any atom is 0.283 e. The van der Waals surface area contributed by atoms with Crippen LogP contribution in [0.1, 0.15) is 16.7 Å². The van der Waals surface area contributed by atoms with Crippen LogP contribution in [0.15, 0.2) is 54.6 Å². The minimum atomic E-state index is -5.13. The molecule has 0 aromatic heterocycles. The Bertz CT molecular complexity index is 1190. The van der Waals surface area contributed by atoms with Crippen LogP contribution in [0, 0.1) is 0 Å². The van der Waals surface area contributed by atoms with Gasteiger partial charge in [-0.25, -0.2) is 0 Å². The van der Waals surface area contributed by atoms with Gasteiger partial charge in [0.1, 0.15) is 0 Å². The van der Waals surface area contributed by atoms with Gasteiger partial charge in [-0.3, -0.25) is 4.55 Å². The molecule has 3 N–H and O–H groups in total. The molecule has 3 rings (SSSR count). The van der Waals surface area contributed by atoms with Crippen molar-refractivity contribution < 1.29 is 23.2 Å². The number of halogens is 4. The van der Waals surface area contributed by atoms with E-state index in [1.807, 2.05) is 0 Å². The summed E-state index contributed by atoms with van der Waals surface area (Å²) in [5.41, 5.74) is -0.668. The zero-order valence-corrected chi connectivity index (χ0v) is 18.1. The van der Waals surface area contributed by atoms with Gasteiger partial charge < -0.3 is 10.2 Å². The molecule has 0 saturated carbocycles. The molecule has 0 radical (unpaired) electrons. The smallest absolute Gasteiger partial charge is 0.283 e. The second kappa shape index (κ2) is 7.87. The molecule has 0 aliphatic rings. The molecule has 1 unspecified atom stereocenters. The van der Waals surface area contributed by atoms with Crippen LogP contribution in [0.2, 0.25) is 20.1 Å².